The van der Waals surface area contributed by atoms with Crippen LogP contribution in [0.15, 0.2) is 23.3 Å². The highest BCUT2D eigenvalue weighted by atomic mass is 16.2. The van der Waals surface area contributed by atoms with E-state index in [1.807, 2.05) is 0 Å². The van der Waals surface area contributed by atoms with Gasteiger partial charge in [0.2, 0.25) is 5.96 Å². The molecule has 0 atom stereocenters. The van der Waals surface area contributed by atoms with Gasteiger partial charge in [-0.3, -0.25) is 4.79 Å². The number of carbonyl (C=O) groups excluding carboxylic acids is 1. The fraction of sp³-hybridized carbons (Fsp3) is 0. The first kappa shape index (κ1) is 10.6. The number of hydrogen-bond acceptors (Lipinski definition) is 4. The zero-order chi connectivity index (χ0) is 11.4. The second kappa shape index (κ2) is 4.18. The quantitative estimate of drug-likeness (QED) is 0.179. The van der Waals surface area contributed by atoms with Crippen molar-refractivity contribution in [3.05, 3.63) is 23.8 Å². The van der Waals surface area contributed by atoms with Gasteiger partial charge in [0.05, 0.1) is 11.4 Å². The van der Waals surface area contributed by atoms with Crippen molar-refractivity contribution in [3.8, 4) is 0 Å². The summed E-state index contributed by atoms with van der Waals surface area (Å²) in [4.78, 5) is 11.4. The van der Waals surface area contributed by atoms with E-state index in [1.54, 1.807) is 0 Å². The van der Waals surface area contributed by atoms with Gasteiger partial charge in [0.25, 0.3) is 5.91 Å². The van der Waals surface area contributed by atoms with Crippen LogP contribution in [0.3, 0.4) is 0 Å². The summed E-state index contributed by atoms with van der Waals surface area (Å²) in [6.07, 6.45) is 0. The van der Waals surface area contributed by atoms with Gasteiger partial charge in [0.1, 0.15) is 0 Å². The Labute approximate surface area is 86.1 Å². The summed E-state index contributed by atoms with van der Waals surface area (Å²) in [5.41, 5.74) is 24.3. The van der Waals surface area contributed by atoms with Gasteiger partial charge in [0.15, 0.2) is 0 Å². The molecule has 0 aliphatic rings. The maximum atomic E-state index is 11.4. The van der Waals surface area contributed by atoms with Crippen LogP contribution in [0, 0.1) is 0 Å². The molecule has 1 aromatic carbocycles. The Kier molecular flexibility index (Phi) is 2.97. The Morgan fingerprint density at radius 2 is 1.87 bits per heavy atom. The molecule has 0 saturated carbocycles. The fourth-order valence-electron chi connectivity index (χ4n) is 0.896. The molecule has 1 aromatic rings. The van der Waals surface area contributed by atoms with Gasteiger partial charge in [-0.25, -0.2) is 5.43 Å². The standard InChI is InChI=1S/C8H12N6O/c9-5-2-1-4(3-6(5)10)7(15)13-14-8(11)12/h1-3H,9-10H2,(H,13,15)(H4,11,12,14). The molecule has 0 aromatic heterocycles. The predicted octanol–water partition coefficient (Wildman–Crippen LogP) is -1.23. The van der Waals surface area contributed by atoms with Crippen LogP contribution in [0.2, 0.25) is 0 Å². The maximum Gasteiger partial charge on any atom is 0.271 e. The lowest BCUT2D eigenvalue weighted by atomic mass is 10.1. The number of hydrazone groups is 1. The van der Waals surface area contributed by atoms with Crippen LogP contribution in [0.1, 0.15) is 10.4 Å². The summed E-state index contributed by atoms with van der Waals surface area (Å²) in [6.45, 7) is 0. The normalized spacial score (nSPS) is 9.33. The highest BCUT2D eigenvalue weighted by Crippen LogP contribution is 2.15. The van der Waals surface area contributed by atoms with Gasteiger partial charge in [-0.2, -0.15) is 0 Å². The van der Waals surface area contributed by atoms with Gasteiger partial charge in [0, 0.05) is 5.56 Å². The first-order valence-corrected chi connectivity index (χ1v) is 4.04. The number of guanidine groups is 1. The number of amides is 1. The second-order valence-electron chi connectivity index (χ2n) is 2.82. The van der Waals surface area contributed by atoms with Crippen molar-refractivity contribution in [2.24, 2.45) is 16.6 Å². The SMILES string of the molecule is NC(N)=NNC(=O)c1ccc(N)c(N)c1. The third kappa shape index (κ3) is 2.76. The van der Waals surface area contributed by atoms with E-state index in [4.69, 9.17) is 22.9 Å². The van der Waals surface area contributed by atoms with E-state index in [9.17, 15) is 4.79 Å². The van der Waals surface area contributed by atoms with Gasteiger partial charge in [-0.1, -0.05) is 0 Å². The number of benzene rings is 1. The molecule has 7 nitrogen and oxygen atoms in total. The van der Waals surface area contributed by atoms with Gasteiger partial charge < -0.3 is 22.9 Å². The van der Waals surface area contributed by atoms with Crippen LogP contribution in [0.4, 0.5) is 11.4 Å². The van der Waals surface area contributed by atoms with Crippen LogP contribution >= 0.6 is 0 Å². The summed E-state index contributed by atoms with van der Waals surface area (Å²) < 4.78 is 0. The number of carbonyl (C=O) groups is 1. The zero-order valence-electron chi connectivity index (χ0n) is 7.90. The van der Waals surface area contributed by atoms with E-state index in [-0.39, 0.29) is 5.96 Å². The molecule has 0 heterocycles. The molecule has 1 amide bonds. The van der Waals surface area contributed by atoms with Crippen molar-refractivity contribution in [1.82, 2.24) is 5.43 Å². The molecule has 0 saturated heterocycles. The average Bonchev–Trinajstić information content (AvgIpc) is 2.18. The first-order chi connectivity index (χ1) is 7.00. The molecule has 0 fully saturated rings. The maximum absolute atomic E-state index is 11.4. The fourth-order valence-corrected chi connectivity index (χ4v) is 0.896. The topological polar surface area (TPSA) is 146 Å². The van der Waals surface area contributed by atoms with Gasteiger partial charge in [-0.05, 0) is 18.2 Å². The summed E-state index contributed by atoms with van der Waals surface area (Å²) in [6, 6.07) is 4.48. The minimum Gasteiger partial charge on any atom is -0.397 e. The van der Waals surface area contributed by atoms with Crippen LogP contribution in [-0.4, -0.2) is 11.9 Å². The van der Waals surface area contributed by atoms with E-state index in [0.29, 0.717) is 16.9 Å². The number of nitrogens with two attached hydrogens (primary N) is 4. The summed E-state index contributed by atoms with van der Waals surface area (Å²) >= 11 is 0. The smallest absolute Gasteiger partial charge is 0.271 e. The summed E-state index contributed by atoms with van der Waals surface area (Å²) in [5, 5.41) is 3.35. The molecule has 1 rings (SSSR count). The van der Waals surface area contributed by atoms with Crippen LogP contribution in [-0.2, 0) is 0 Å². The number of nitrogen functional groups attached to an aromatic ring is 2. The molecule has 0 aliphatic carbocycles. The van der Waals surface area contributed by atoms with Crippen molar-refractivity contribution in [3.63, 3.8) is 0 Å². The predicted molar refractivity (Wildman–Crippen MR) is 58.5 cm³/mol. The lowest BCUT2D eigenvalue weighted by Crippen LogP contribution is -2.29. The number of hydrogen-bond donors (Lipinski definition) is 5. The minimum absolute atomic E-state index is 0.230. The molecular weight excluding hydrogens is 196 g/mol. The molecule has 0 unspecified atom stereocenters. The first-order valence-electron chi connectivity index (χ1n) is 4.04. The molecule has 0 bridgehead atoms. The van der Waals surface area contributed by atoms with E-state index >= 15 is 0 Å². The number of nitrogens with one attached hydrogen (secondary N) is 1. The van der Waals surface area contributed by atoms with Gasteiger partial charge >= 0.3 is 0 Å². The number of nitrogens with zero attached hydrogens (tertiary/aromatic N) is 1. The Morgan fingerprint density at radius 3 is 2.40 bits per heavy atom. The Balaban J connectivity index is 2.83. The van der Waals surface area contributed by atoms with E-state index < -0.39 is 5.91 Å². The number of rotatable bonds is 2. The van der Waals surface area contributed by atoms with Crippen LogP contribution < -0.4 is 28.4 Å². The molecule has 80 valence electrons. The average molecular weight is 208 g/mol. The highest BCUT2D eigenvalue weighted by Gasteiger charge is 2.05. The number of anilines is 2. The van der Waals surface area contributed by atoms with E-state index in [0.717, 1.165) is 0 Å². The van der Waals surface area contributed by atoms with Crippen LogP contribution in [0.5, 0.6) is 0 Å². The second-order valence-corrected chi connectivity index (χ2v) is 2.82. The van der Waals surface area contributed by atoms with E-state index in [2.05, 4.69) is 10.5 Å². The molecule has 9 N–H and O–H groups in total. The Hall–Kier alpha value is -2.44. The van der Waals surface area contributed by atoms with Crippen molar-refractivity contribution in [2.75, 3.05) is 11.5 Å². The molecule has 7 heteroatoms. The zero-order valence-corrected chi connectivity index (χ0v) is 7.90. The monoisotopic (exact) mass is 208 g/mol. The Morgan fingerprint density at radius 1 is 1.20 bits per heavy atom. The van der Waals surface area contributed by atoms with Crippen molar-refractivity contribution < 1.29 is 4.79 Å². The largest absolute Gasteiger partial charge is 0.397 e. The van der Waals surface area contributed by atoms with Crippen molar-refractivity contribution in [2.45, 2.75) is 0 Å². The summed E-state index contributed by atoms with van der Waals surface area (Å²) in [7, 11) is 0. The molecule has 0 aliphatic heterocycles. The van der Waals surface area contributed by atoms with Crippen LogP contribution in [0.25, 0.3) is 0 Å². The minimum atomic E-state index is -0.463. The van der Waals surface area contributed by atoms with Gasteiger partial charge in [-0.15, -0.1) is 5.10 Å². The molecule has 15 heavy (non-hydrogen) atoms. The lowest BCUT2D eigenvalue weighted by Gasteiger charge is -2.03. The lowest BCUT2D eigenvalue weighted by molar-refractivity contribution is 0.0954. The van der Waals surface area contributed by atoms with Crippen molar-refractivity contribution >= 4 is 23.2 Å². The third-order valence-electron chi connectivity index (χ3n) is 1.64. The molecular formula is C8H12N6O. The molecule has 0 spiro atoms. The highest BCUT2D eigenvalue weighted by molar-refractivity contribution is 5.96. The third-order valence-corrected chi connectivity index (χ3v) is 1.64. The van der Waals surface area contributed by atoms with Crippen molar-refractivity contribution in [1.29, 1.82) is 0 Å². The summed E-state index contributed by atoms with van der Waals surface area (Å²) in [5.74, 6) is -0.693. The Bertz CT molecular complexity index is 410. The molecule has 0 radical (unpaired) electrons. The van der Waals surface area contributed by atoms with E-state index in [1.165, 1.54) is 18.2 Å².